The van der Waals surface area contributed by atoms with Crippen LogP contribution in [0.1, 0.15) is 5.56 Å². The van der Waals surface area contributed by atoms with Gasteiger partial charge in [-0.25, -0.2) is 0 Å². The fourth-order valence-electron chi connectivity index (χ4n) is 1.80. The Balaban J connectivity index is 2.22. The molecule has 0 aromatic heterocycles. The highest BCUT2D eigenvalue weighted by Crippen LogP contribution is 2.36. The van der Waals surface area contributed by atoms with Gasteiger partial charge in [0.2, 0.25) is 5.79 Å². The lowest BCUT2D eigenvalue weighted by molar-refractivity contribution is -0.160. The van der Waals surface area contributed by atoms with Crippen LogP contribution in [0.25, 0.3) is 0 Å². The van der Waals surface area contributed by atoms with E-state index >= 15 is 0 Å². The summed E-state index contributed by atoms with van der Waals surface area (Å²) in [7, 11) is 1.62. The van der Waals surface area contributed by atoms with E-state index in [9.17, 15) is 0 Å². The fraction of sp³-hybridized carbons (Fsp3) is 0.500. The molecule has 0 radical (unpaired) electrons. The number of alkyl halides is 1. The van der Waals surface area contributed by atoms with E-state index in [-0.39, 0.29) is 12.7 Å². The average molecular weight is 303 g/mol. The topological polar surface area (TPSA) is 47.9 Å². The number of ether oxygens (including phenoxy) is 3. The molecule has 5 heteroatoms. The van der Waals surface area contributed by atoms with Gasteiger partial charge in [0.25, 0.3) is 0 Å². The summed E-state index contributed by atoms with van der Waals surface area (Å²) < 4.78 is 16.5. The molecule has 2 atom stereocenters. The number of aliphatic hydroxyl groups excluding tert-OH is 1. The zero-order valence-electron chi connectivity index (χ0n) is 9.56. The third-order valence-corrected chi connectivity index (χ3v) is 3.51. The Kier molecular flexibility index (Phi) is 4.04. The number of hydrogen-bond acceptors (Lipinski definition) is 4. The van der Waals surface area contributed by atoms with Crippen molar-refractivity contribution in [2.45, 2.75) is 11.9 Å². The van der Waals surface area contributed by atoms with Crippen molar-refractivity contribution >= 4 is 15.9 Å². The first-order valence-corrected chi connectivity index (χ1v) is 6.49. The molecule has 2 rings (SSSR count). The van der Waals surface area contributed by atoms with Crippen LogP contribution in [0, 0.1) is 0 Å². The number of aliphatic hydroxyl groups is 1. The van der Waals surface area contributed by atoms with Gasteiger partial charge in [0.1, 0.15) is 11.9 Å². The van der Waals surface area contributed by atoms with Crippen LogP contribution in [-0.4, -0.2) is 36.9 Å². The Morgan fingerprint density at radius 2 is 2.18 bits per heavy atom. The lowest BCUT2D eigenvalue weighted by atomic mass is 10.1. The van der Waals surface area contributed by atoms with E-state index < -0.39 is 5.79 Å². The summed E-state index contributed by atoms with van der Waals surface area (Å²) in [5, 5.41) is 9.60. The van der Waals surface area contributed by atoms with Gasteiger partial charge in [-0.2, -0.15) is 0 Å². The van der Waals surface area contributed by atoms with Gasteiger partial charge in [-0.1, -0.05) is 15.9 Å². The number of rotatable bonds is 4. The molecule has 17 heavy (non-hydrogen) atoms. The van der Waals surface area contributed by atoms with Crippen LogP contribution >= 0.6 is 15.9 Å². The molecule has 1 fully saturated rings. The molecule has 0 saturated carbocycles. The summed E-state index contributed by atoms with van der Waals surface area (Å²) in [5.41, 5.74) is 0.908. The predicted octanol–water partition coefficient (Wildman–Crippen LogP) is 1.65. The van der Waals surface area contributed by atoms with Crippen molar-refractivity contribution in [3.8, 4) is 5.75 Å². The van der Waals surface area contributed by atoms with E-state index in [1.807, 2.05) is 24.3 Å². The Morgan fingerprint density at radius 3 is 2.65 bits per heavy atom. The minimum atomic E-state index is -0.806. The zero-order chi connectivity index (χ0) is 12.3. The number of hydrogen-bond donors (Lipinski definition) is 1. The molecule has 94 valence electrons. The third-order valence-electron chi connectivity index (χ3n) is 2.77. The van der Waals surface area contributed by atoms with Crippen LogP contribution in [0.15, 0.2) is 24.3 Å². The molecule has 1 aromatic carbocycles. The lowest BCUT2D eigenvalue weighted by Crippen LogP contribution is -2.30. The maximum atomic E-state index is 9.08. The Labute approximate surface area is 109 Å². The standard InChI is InChI=1S/C12H15BrO4/c1-15-10-4-2-9(3-5-10)12(8-13)16-7-11(6-14)17-12/h2-5,11,14H,6-8H2,1H3. The highest BCUT2D eigenvalue weighted by atomic mass is 79.9. The molecule has 1 saturated heterocycles. The van der Waals surface area contributed by atoms with E-state index in [0.29, 0.717) is 11.9 Å². The summed E-state index contributed by atoms with van der Waals surface area (Å²) in [5.74, 6) is -0.0187. The second-order valence-electron chi connectivity index (χ2n) is 3.85. The van der Waals surface area contributed by atoms with E-state index in [2.05, 4.69) is 15.9 Å². The van der Waals surface area contributed by atoms with E-state index in [1.165, 1.54) is 0 Å². The van der Waals surface area contributed by atoms with Gasteiger partial charge in [-0.15, -0.1) is 0 Å². The maximum Gasteiger partial charge on any atom is 0.205 e. The van der Waals surface area contributed by atoms with E-state index in [1.54, 1.807) is 7.11 Å². The van der Waals surface area contributed by atoms with Crippen LogP contribution in [-0.2, 0) is 15.3 Å². The largest absolute Gasteiger partial charge is 0.497 e. The molecule has 4 nitrogen and oxygen atoms in total. The summed E-state index contributed by atoms with van der Waals surface area (Å²) in [4.78, 5) is 0. The molecule has 0 spiro atoms. The Bertz CT molecular complexity index is 367. The van der Waals surface area contributed by atoms with Crippen LogP contribution < -0.4 is 4.74 Å². The molecular formula is C12H15BrO4. The van der Waals surface area contributed by atoms with Crippen LogP contribution in [0.4, 0.5) is 0 Å². The third kappa shape index (κ3) is 2.47. The average Bonchev–Trinajstić information content (AvgIpc) is 2.84. The number of benzene rings is 1. The SMILES string of the molecule is COc1ccc(C2(CBr)OCC(CO)O2)cc1. The van der Waals surface area contributed by atoms with Crippen molar-refractivity contribution in [1.29, 1.82) is 0 Å². The van der Waals surface area contributed by atoms with Crippen LogP contribution in [0.2, 0.25) is 0 Å². The molecule has 0 bridgehead atoms. The maximum absolute atomic E-state index is 9.08. The summed E-state index contributed by atoms with van der Waals surface area (Å²) >= 11 is 3.40. The van der Waals surface area contributed by atoms with Gasteiger partial charge in [-0.3, -0.25) is 0 Å². The summed E-state index contributed by atoms with van der Waals surface area (Å²) in [6, 6.07) is 7.52. The van der Waals surface area contributed by atoms with Gasteiger partial charge in [-0.05, 0) is 24.3 Å². The van der Waals surface area contributed by atoms with Crippen molar-refractivity contribution in [3.05, 3.63) is 29.8 Å². The lowest BCUT2D eigenvalue weighted by Gasteiger charge is -2.26. The van der Waals surface area contributed by atoms with E-state index in [0.717, 1.165) is 11.3 Å². The molecule has 1 aliphatic rings. The molecule has 0 aliphatic carbocycles. The number of halogens is 1. The first-order chi connectivity index (χ1) is 8.24. The van der Waals surface area contributed by atoms with Crippen molar-refractivity contribution in [2.24, 2.45) is 0 Å². The minimum absolute atomic E-state index is 0.0368. The van der Waals surface area contributed by atoms with Gasteiger partial charge in [0, 0.05) is 5.56 Å². The first kappa shape index (κ1) is 12.8. The molecule has 0 amide bonds. The van der Waals surface area contributed by atoms with Gasteiger partial charge in [0.05, 0.1) is 25.7 Å². The fourth-order valence-corrected chi connectivity index (χ4v) is 2.42. The quantitative estimate of drug-likeness (QED) is 0.859. The van der Waals surface area contributed by atoms with Gasteiger partial charge >= 0.3 is 0 Å². The summed E-state index contributed by atoms with van der Waals surface area (Å²) in [6.07, 6.45) is -0.269. The monoisotopic (exact) mass is 302 g/mol. The Morgan fingerprint density at radius 1 is 1.47 bits per heavy atom. The van der Waals surface area contributed by atoms with Gasteiger partial charge < -0.3 is 19.3 Å². The molecule has 1 heterocycles. The summed E-state index contributed by atoms with van der Waals surface area (Å²) in [6.45, 7) is 0.360. The molecule has 1 aliphatic heterocycles. The molecule has 1 N–H and O–H groups in total. The van der Waals surface area contributed by atoms with Crippen molar-refractivity contribution < 1.29 is 19.3 Å². The van der Waals surface area contributed by atoms with Crippen molar-refractivity contribution in [2.75, 3.05) is 25.7 Å². The number of methoxy groups -OCH3 is 1. The van der Waals surface area contributed by atoms with E-state index in [4.69, 9.17) is 19.3 Å². The normalized spacial score (nSPS) is 28.3. The van der Waals surface area contributed by atoms with Crippen LogP contribution in [0.3, 0.4) is 0 Å². The minimum Gasteiger partial charge on any atom is -0.497 e. The second kappa shape index (κ2) is 5.35. The molecule has 1 aromatic rings. The smallest absolute Gasteiger partial charge is 0.205 e. The molecule has 2 unspecified atom stereocenters. The zero-order valence-corrected chi connectivity index (χ0v) is 11.1. The highest BCUT2D eigenvalue weighted by molar-refractivity contribution is 9.09. The van der Waals surface area contributed by atoms with Crippen molar-refractivity contribution in [1.82, 2.24) is 0 Å². The highest BCUT2D eigenvalue weighted by Gasteiger charge is 2.42. The molecular weight excluding hydrogens is 288 g/mol. The van der Waals surface area contributed by atoms with Crippen LogP contribution in [0.5, 0.6) is 5.75 Å². The van der Waals surface area contributed by atoms with Gasteiger partial charge in [0.15, 0.2) is 0 Å². The Hall–Kier alpha value is -0.620. The first-order valence-electron chi connectivity index (χ1n) is 5.37. The van der Waals surface area contributed by atoms with Crippen molar-refractivity contribution in [3.63, 3.8) is 0 Å². The predicted molar refractivity (Wildman–Crippen MR) is 66.4 cm³/mol. The second-order valence-corrected chi connectivity index (χ2v) is 4.41.